The molecule has 13 nitrogen and oxygen atoms in total. The highest BCUT2D eigenvalue weighted by Gasteiger charge is 2.54. The van der Waals surface area contributed by atoms with E-state index in [1.165, 1.54) is 6.92 Å². The summed E-state index contributed by atoms with van der Waals surface area (Å²) in [5, 5.41) is 71.3. The molecular weight excluding hydrogens is 384 g/mol. The van der Waals surface area contributed by atoms with Crippen molar-refractivity contribution in [3.05, 3.63) is 0 Å². The van der Waals surface area contributed by atoms with Crippen LogP contribution in [0.15, 0.2) is 0 Å². The van der Waals surface area contributed by atoms with E-state index >= 15 is 0 Å². The van der Waals surface area contributed by atoms with Gasteiger partial charge in [-0.2, -0.15) is 0 Å². The standard InChI is InChI=1S/C15H28N2O11/c1-5(16)13(24)17-8-9(20)6(2-18)27-14(11(8)22)26-4-15(25)12(23)10(21)7(3-19)28-15/h5-12,14,18-23,25H,2-4,16H2,1H3,(H,17,24)/t5-,6+,7+,8+,9+,10+,11+,12-,14?,15+/m0/s1. The molecule has 2 aliphatic rings. The third-order valence-corrected chi connectivity index (χ3v) is 4.76. The minimum Gasteiger partial charge on any atom is -0.394 e. The van der Waals surface area contributed by atoms with Crippen LogP contribution >= 0.6 is 0 Å². The molecule has 2 rings (SSSR count). The van der Waals surface area contributed by atoms with E-state index in [-0.39, 0.29) is 0 Å². The second-order valence-electron chi connectivity index (χ2n) is 6.96. The Labute approximate surface area is 160 Å². The number of hydrogen-bond acceptors (Lipinski definition) is 12. The fourth-order valence-corrected chi connectivity index (χ4v) is 3.03. The number of carbonyl (C=O) groups excluding carboxylic acids is 1. The number of nitrogens with one attached hydrogen (secondary N) is 1. The van der Waals surface area contributed by atoms with Crippen molar-refractivity contribution in [2.75, 3.05) is 19.8 Å². The van der Waals surface area contributed by atoms with Crippen LogP contribution in [0, 0.1) is 0 Å². The third-order valence-electron chi connectivity index (χ3n) is 4.76. The van der Waals surface area contributed by atoms with Gasteiger partial charge in [-0.3, -0.25) is 4.79 Å². The molecule has 0 aromatic carbocycles. The zero-order valence-electron chi connectivity index (χ0n) is 15.2. The number of aliphatic hydroxyl groups is 7. The number of amides is 1. The normalized spacial score (nSPS) is 45.0. The number of aliphatic hydroxyl groups excluding tert-OH is 6. The molecule has 0 spiro atoms. The summed E-state index contributed by atoms with van der Waals surface area (Å²) in [4.78, 5) is 11.8. The highest BCUT2D eigenvalue weighted by atomic mass is 16.7. The molecule has 10 N–H and O–H groups in total. The number of rotatable bonds is 7. The molecule has 0 bridgehead atoms. The number of ether oxygens (including phenoxy) is 3. The van der Waals surface area contributed by atoms with E-state index in [0.717, 1.165) is 0 Å². The molecule has 0 radical (unpaired) electrons. The van der Waals surface area contributed by atoms with Gasteiger partial charge in [0.05, 0.1) is 25.3 Å². The number of nitrogens with two attached hydrogens (primary N) is 1. The Morgan fingerprint density at radius 2 is 1.75 bits per heavy atom. The van der Waals surface area contributed by atoms with Crippen molar-refractivity contribution in [3.63, 3.8) is 0 Å². The van der Waals surface area contributed by atoms with Gasteiger partial charge in [0.2, 0.25) is 11.7 Å². The van der Waals surface area contributed by atoms with E-state index in [9.17, 15) is 35.4 Å². The molecule has 28 heavy (non-hydrogen) atoms. The molecular formula is C15H28N2O11. The first-order chi connectivity index (χ1) is 13.1. The second kappa shape index (κ2) is 9.23. The van der Waals surface area contributed by atoms with Gasteiger partial charge in [0.1, 0.15) is 43.2 Å². The first-order valence-electron chi connectivity index (χ1n) is 8.73. The Morgan fingerprint density at radius 1 is 1.14 bits per heavy atom. The van der Waals surface area contributed by atoms with Crippen molar-refractivity contribution in [2.45, 2.75) is 67.7 Å². The predicted octanol–water partition coefficient (Wildman–Crippen LogP) is -5.92. The van der Waals surface area contributed by atoms with Gasteiger partial charge in [0.15, 0.2) is 6.29 Å². The first kappa shape index (κ1) is 23.3. The van der Waals surface area contributed by atoms with Gasteiger partial charge in [-0.25, -0.2) is 0 Å². The van der Waals surface area contributed by atoms with Crippen LogP contribution < -0.4 is 11.1 Å². The monoisotopic (exact) mass is 412 g/mol. The summed E-state index contributed by atoms with van der Waals surface area (Å²) in [6.45, 7) is -0.756. The highest BCUT2D eigenvalue weighted by Crippen LogP contribution is 2.31. The Hall–Kier alpha value is -0.970. The molecule has 2 aliphatic heterocycles. The van der Waals surface area contributed by atoms with Crippen LogP contribution in [0.4, 0.5) is 0 Å². The summed E-state index contributed by atoms with van der Waals surface area (Å²) in [7, 11) is 0. The topological polar surface area (TPSA) is 224 Å². The van der Waals surface area contributed by atoms with Crippen LogP contribution in [0.1, 0.15) is 6.92 Å². The smallest absolute Gasteiger partial charge is 0.237 e. The van der Waals surface area contributed by atoms with Gasteiger partial charge in [-0.1, -0.05) is 0 Å². The van der Waals surface area contributed by atoms with Gasteiger partial charge in [0, 0.05) is 0 Å². The molecule has 0 aromatic rings. The maximum Gasteiger partial charge on any atom is 0.237 e. The van der Waals surface area contributed by atoms with Crippen molar-refractivity contribution in [3.8, 4) is 0 Å². The van der Waals surface area contributed by atoms with E-state index in [1.54, 1.807) is 0 Å². The quantitative estimate of drug-likeness (QED) is 0.190. The van der Waals surface area contributed by atoms with E-state index in [0.29, 0.717) is 0 Å². The number of carbonyl (C=O) groups is 1. The SMILES string of the molecule is C[C@H](N)C(=O)N[C@@H]1[C@H](O)[C@@H](CO)OC(OC[C@@]2(O)O[C@H](CO)[C@@H](O)[C@@H]2O)[C@@H]1O. The second-order valence-corrected chi connectivity index (χ2v) is 6.96. The van der Waals surface area contributed by atoms with Crippen LogP contribution in [0.5, 0.6) is 0 Å². The molecule has 164 valence electrons. The van der Waals surface area contributed by atoms with Crippen molar-refractivity contribution in [1.29, 1.82) is 0 Å². The van der Waals surface area contributed by atoms with Crippen molar-refractivity contribution >= 4 is 5.91 Å². The zero-order chi connectivity index (χ0) is 21.2. The Balaban J connectivity index is 2.08. The minimum atomic E-state index is -2.41. The predicted molar refractivity (Wildman–Crippen MR) is 88.2 cm³/mol. The highest BCUT2D eigenvalue weighted by molar-refractivity contribution is 5.81. The molecule has 13 heteroatoms. The molecule has 10 atom stereocenters. The van der Waals surface area contributed by atoms with E-state index in [2.05, 4.69) is 5.32 Å². The largest absolute Gasteiger partial charge is 0.394 e. The van der Waals surface area contributed by atoms with Crippen LogP contribution in [0.25, 0.3) is 0 Å². The molecule has 2 fully saturated rings. The summed E-state index contributed by atoms with van der Waals surface area (Å²) in [5.74, 6) is -3.09. The lowest BCUT2D eigenvalue weighted by atomic mass is 9.96. The lowest BCUT2D eigenvalue weighted by Gasteiger charge is -2.43. The fraction of sp³-hybridized carbons (Fsp3) is 0.933. The van der Waals surface area contributed by atoms with Crippen LogP contribution in [-0.4, -0.2) is 122 Å². The van der Waals surface area contributed by atoms with Gasteiger partial charge < -0.3 is 61.0 Å². The summed E-state index contributed by atoms with van der Waals surface area (Å²) in [6.07, 6.45) is -10.6. The van der Waals surface area contributed by atoms with Gasteiger partial charge in [-0.05, 0) is 6.92 Å². The maximum atomic E-state index is 11.8. The van der Waals surface area contributed by atoms with E-state index in [1.807, 2.05) is 0 Å². The van der Waals surface area contributed by atoms with Crippen LogP contribution in [0.3, 0.4) is 0 Å². The van der Waals surface area contributed by atoms with Gasteiger partial charge in [0.25, 0.3) is 0 Å². The average molecular weight is 412 g/mol. The average Bonchev–Trinajstić information content (AvgIpc) is 2.88. The minimum absolute atomic E-state index is 0.673. The fourth-order valence-electron chi connectivity index (χ4n) is 3.03. The summed E-state index contributed by atoms with van der Waals surface area (Å²) in [5.41, 5.74) is 5.45. The Kier molecular flexibility index (Phi) is 7.69. The summed E-state index contributed by atoms with van der Waals surface area (Å²) in [6, 6.07) is -2.25. The molecule has 2 heterocycles. The molecule has 1 unspecified atom stereocenters. The van der Waals surface area contributed by atoms with Crippen LogP contribution in [0.2, 0.25) is 0 Å². The molecule has 0 aliphatic carbocycles. The van der Waals surface area contributed by atoms with Crippen LogP contribution in [-0.2, 0) is 19.0 Å². The van der Waals surface area contributed by atoms with E-state index in [4.69, 9.17) is 25.1 Å². The Bertz CT molecular complexity index is 538. The van der Waals surface area contributed by atoms with Crippen molar-refractivity contribution < 1.29 is 54.8 Å². The lowest BCUT2D eigenvalue weighted by Crippen LogP contribution is -2.66. The summed E-state index contributed by atoms with van der Waals surface area (Å²) < 4.78 is 15.5. The van der Waals surface area contributed by atoms with Gasteiger partial charge >= 0.3 is 0 Å². The lowest BCUT2D eigenvalue weighted by molar-refractivity contribution is -0.320. The zero-order valence-corrected chi connectivity index (χ0v) is 15.2. The van der Waals surface area contributed by atoms with Crippen molar-refractivity contribution in [1.82, 2.24) is 5.32 Å². The van der Waals surface area contributed by atoms with Crippen molar-refractivity contribution in [2.24, 2.45) is 5.73 Å². The summed E-state index contributed by atoms with van der Waals surface area (Å²) >= 11 is 0. The molecule has 2 saturated heterocycles. The molecule has 0 aromatic heterocycles. The van der Waals surface area contributed by atoms with E-state index < -0.39 is 86.5 Å². The Morgan fingerprint density at radius 3 is 2.25 bits per heavy atom. The number of hydrogen-bond donors (Lipinski definition) is 9. The maximum absolute atomic E-state index is 11.8. The third kappa shape index (κ3) is 4.60. The van der Waals surface area contributed by atoms with Gasteiger partial charge in [-0.15, -0.1) is 0 Å². The first-order valence-corrected chi connectivity index (χ1v) is 8.73. The molecule has 1 amide bonds. The molecule has 0 saturated carbocycles.